The van der Waals surface area contributed by atoms with Gasteiger partial charge in [0.05, 0.1) is 130 Å². The van der Waals surface area contributed by atoms with E-state index < -0.39 is 84.1 Å². The number of hydrogen-bond acceptors (Lipinski definition) is 34. The average Bonchev–Trinajstić information content (AvgIpc) is 0.878. The number of carbonyl (C=O) groups excluding carboxylic acids is 13. The normalized spacial score (nSPS) is 12.6. The number of carbonyl (C=O) groups is 13. The number of phenolic OH excluding ortho intramolecular Hbond substituents is 2. The van der Waals surface area contributed by atoms with E-state index in [1.165, 1.54) is 38.1 Å². The van der Waals surface area contributed by atoms with Crippen LogP contribution in [0.2, 0.25) is 0 Å². The number of nitrogens with one attached hydrogen (secondary N) is 7. The molecule has 0 spiro atoms. The van der Waals surface area contributed by atoms with Gasteiger partial charge in [-0.25, -0.2) is 0 Å². The summed E-state index contributed by atoms with van der Waals surface area (Å²) in [7, 11) is 1.61. The van der Waals surface area contributed by atoms with Gasteiger partial charge in [0.15, 0.2) is 28.9 Å². The van der Waals surface area contributed by atoms with Crippen LogP contribution in [0, 0.1) is 5.92 Å². The maximum atomic E-state index is 13.1. The number of primary amides is 2. The lowest BCUT2D eigenvalue weighted by Crippen LogP contribution is -2.52. The minimum atomic E-state index is -1.13. The molecule has 0 aliphatic heterocycles. The molecule has 0 saturated heterocycles. The Hall–Kier alpha value is -8.41. The molecule has 0 aliphatic carbocycles. The van der Waals surface area contributed by atoms with Gasteiger partial charge in [-0.15, -0.1) is 0 Å². The smallest absolute Gasteiger partial charge is 0.246 e. The first-order chi connectivity index (χ1) is 60.0. The molecule has 41 nitrogen and oxygen atoms in total. The SMILES string of the molecule is CC(=O)[C@@H](C)NC(=O)[C@H](Cc1ccc(O)cc1)NC(=O)COCCOCCCC(=O)COCCOCCN.CCCOCC(=O)CCCOCCOCC(=O)NCCCC[C@H](CC(=O)[C@H](C)NC(=O)[C@@H](N)Cc1ccc(O)cc1)C(=O)CN[C@@H](CO)C(N)=O.CCN[C@@H](CO)C(N)=O.CCOCCCC(=O)COCCOCCNC(=O)COCCOCCOC. The molecule has 19 N–H and O–H groups in total. The molecule has 7 atom stereocenters. The van der Waals surface area contributed by atoms with Gasteiger partial charge in [-0.2, -0.15) is 0 Å². The Morgan fingerprint density at radius 3 is 1.29 bits per heavy atom. The number of likely N-dealkylation sites (N-methyl/N-ethyl adjacent to an activating group) is 1. The van der Waals surface area contributed by atoms with Gasteiger partial charge < -0.3 is 137 Å². The summed E-state index contributed by atoms with van der Waals surface area (Å²) in [6.07, 6.45) is 5.30. The Labute approximate surface area is 734 Å². The molecule has 2 aromatic carbocycles. The molecule has 41 heteroatoms. The molecule has 0 saturated carbocycles. The van der Waals surface area contributed by atoms with Gasteiger partial charge in [-0.05, 0) is 115 Å². The van der Waals surface area contributed by atoms with Gasteiger partial charge in [0.25, 0.3) is 0 Å². The van der Waals surface area contributed by atoms with Crippen LogP contribution < -0.4 is 60.2 Å². The predicted molar refractivity (Wildman–Crippen MR) is 459 cm³/mol. The Morgan fingerprint density at radius 2 is 0.840 bits per heavy atom. The molecular formula is C84H145N11O30. The zero-order valence-electron chi connectivity index (χ0n) is 74.2. The van der Waals surface area contributed by atoms with Crippen molar-refractivity contribution in [3.05, 3.63) is 59.7 Å². The molecule has 0 fully saturated rings. The van der Waals surface area contributed by atoms with Crippen LogP contribution in [0.1, 0.15) is 123 Å². The summed E-state index contributed by atoms with van der Waals surface area (Å²) >= 11 is 0. The predicted octanol–water partition coefficient (Wildman–Crippen LogP) is -2.03. The van der Waals surface area contributed by atoms with Gasteiger partial charge in [-0.1, -0.05) is 44.5 Å². The number of methoxy groups -OCH3 is 1. The van der Waals surface area contributed by atoms with E-state index >= 15 is 0 Å². The summed E-state index contributed by atoms with van der Waals surface area (Å²) in [5, 5.41) is 55.2. The molecule has 0 heterocycles. The number of phenols is 2. The van der Waals surface area contributed by atoms with Crippen molar-refractivity contribution in [1.82, 2.24) is 37.2 Å². The molecular weight excluding hydrogens is 1640 g/mol. The minimum Gasteiger partial charge on any atom is -0.508 e. The highest BCUT2D eigenvalue weighted by Gasteiger charge is 2.29. The number of aliphatic hydroxyl groups excluding tert-OH is 2. The fourth-order valence-electron chi connectivity index (χ4n) is 10.1. The van der Waals surface area contributed by atoms with Crippen LogP contribution in [0.25, 0.3) is 0 Å². The highest BCUT2D eigenvalue weighted by atomic mass is 16.6. The third-order valence-electron chi connectivity index (χ3n) is 17.2. The van der Waals surface area contributed by atoms with E-state index in [4.69, 9.17) is 89.6 Å². The summed E-state index contributed by atoms with van der Waals surface area (Å²) in [6, 6.07) is 7.25. The van der Waals surface area contributed by atoms with E-state index in [0.717, 1.165) is 24.0 Å². The second-order valence-electron chi connectivity index (χ2n) is 28.1. The molecule has 0 bridgehead atoms. The van der Waals surface area contributed by atoms with Crippen LogP contribution in [0.4, 0.5) is 0 Å². The number of amides is 7. The quantitative estimate of drug-likeness (QED) is 0.0318. The van der Waals surface area contributed by atoms with Crippen molar-refractivity contribution in [1.29, 1.82) is 0 Å². The third-order valence-corrected chi connectivity index (χ3v) is 17.2. The van der Waals surface area contributed by atoms with Gasteiger partial charge in [0.1, 0.15) is 75.0 Å². The fourth-order valence-corrected chi connectivity index (χ4v) is 10.1. The van der Waals surface area contributed by atoms with E-state index in [2.05, 4.69) is 37.2 Å². The van der Waals surface area contributed by atoms with Crippen LogP contribution in [0.3, 0.4) is 0 Å². The van der Waals surface area contributed by atoms with Crippen molar-refractivity contribution in [2.75, 3.05) is 218 Å². The van der Waals surface area contributed by atoms with Crippen molar-refractivity contribution < 1.29 is 144 Å². The number of hydrogen-bond donors (Lipinski definition) is 15. The van der Waals surface area contributed by atoms with E-state index in [-0.39, 0.29) is 157 Å². The van der Waals surface area contributed by atoms with Gasteiger partial charge >= 0.3 is 0 Å². The lowest BCUT2D eigenvalue weighted by Gasteiger charge is -2.21. The number of ketones is 6. The van der Waals surface area contributed by atoms with Crippen molar-refractivity contribution in [3.8, 4) is 11.5 Å². The largest absolute Gasteiger partial charge is 0.508 e. The van der Waals surface area contributed by atoms with Crippen LogP contribution in [0.5, 0.6) is 11.5 Å². The summed E-state index contributed by atoms with van der Waals surface area (Å²) in [4.78, 5) is 156. The number of Topliss-reactive ketones (excluding diaryl/α,β-unsaturated/α-hetero) is 6. The van der Waals surface area contributed by atoms with Crippen LogP contribution in [-0.2, 0) is 137 Å². The highest BCUT2D eigenvalue weighted by Crippen LogP contribution is 2.18. The van der Waals surface area contributed by atoms with E-state index in [1.54, 1.807) is 38.3 Å². The fraction of sp³-hybridized carbons (Fsp3) is 0.702. The molecule has 2 rings (SSSR count). The molecule has 0 radical (unpaired) electrons. The maximum Gasteiger partial charge on any atom is 0.246 e. The van der Waals surface area contributed by atoms with Crippen LogP contribution in [0.15, 0.2) is 48.5 Å². The lowest BCUT2D eigenvalue weighted by molar-refractivity contribution is -0.133. The first-order valence-electron chi connectivity index (χ1n) is 42.3. The van der Waals surface area contributed by atoms with Gasteiger partial charge in [0.2, 0.25) is 41.4 Å². The summed E-state index contributed by atoms with van der Waals surface area (Å²) in [5.74, 6) is -4.95. The first-order valence-corrected chi connectivity index (χ1v) is 42.3. The number of aromatic hydroxyl groups is 2. The molecule has 7 amide bonds. The van der Waals surface area contributed by atoms with E-state index in [1.807, 2.05) is 20.8 Å². The molecule has 125 heavy (non-hydrogen) atoms. The molecule has 0 unspecified atom stereocenters. The van der Waals surface area contributed by atoms with Crippen molar-refractivity contribution in [2.45, 2.75) is 161 Å². The molecule has 716 valence electrons. The van der Waals surface area contributed by atoms with Gasteiger partial charge in [-0.3, -0.25) is 67.6 Å². The van der Waals surface area contributed by atoms with Crippen molar-refractivity contribution in [3.63, 3.8) is 0 Å². The number of aliphatic hydroxyl groups is 2. The summed E-state index contributed by atoms with van der Waals surface area (Å²) in [5.41, 5.74) is 22.9. The third kappa shape index (κ3) is 71.3. The topological polar surface area (TPSA) is 611 Å². The first kappa shape index (κ1) is 119. The second kappa shape index (κ2) is 81.4. The number of unbranched alkanes of at least 4 members (excludes halogenated alkanes) is 1. The number of ether oxygens (including phenoxy) is 13. The summed E-state index contributed by atoms with van der Waals surface area (Å²) in [6.45, 7) is 18.2. The van der Waals surface area contributed by atoms with E-state index in [9.17, 15) is 77.6 Å². The number of rotatable bonds is 78. The molecule has 0 aliphatic rings. The molecule has 0 aromatic heterocycles. The van der Waals surface area contributed by atoms with Crippen LogP contribution in [-0.4, -0.2) is 351 Å². The van der Waals surface area contributed by atoms with Crippen molar-refractivity contribution in [2.24, 2.45) is 28.9 Å². The van der Waals surface area contributed by atoms with Gasteiger partial charge in [0, 0.05) is 97.8 Å². The average molecular weight is 1790 g/mol. The number of benzene rings is 2. The minimum absolute atomic E-state index is 0.0117. The Balaban J connectivity index is 0. The Morgan fingerprint density at radius 1 is 0.424 bits per heavy atom. The van der Waals surface area contributed by atoms with Crippen molar-refractivity contribution >= 4 is 76.0 Å². The molecule has 2 aromatic rings. The maximum absolute atomic E-state index is 13.1. The monoisotopic (exact) mass is 1790 g/mol. The number of nitrogens with two attached hydrogens (primary N) is 4. The van der Waals surface area contributed by atoms with Crippen LogP contribution >= 0.6 is 0 Å². The Bertz CT molecular complexity index is 3220. The second-order valence-corrected chi connectivity index (χ2v) is 28.1. The lowest BCUT2D eigenvalue weighted by atomic mass is 9.90. The van der Waals surface area contributed by atoms with E-state index in [0.29, 0.717) is 170 Å². The zero-order chi connectivity index (χ0) is 93.5. The Kier molecular flexibility index (Phi) is 77.2. The zero-order valence-corrected chi connectivity index (χ0v) is 74.2. The summed E-state index contributed by atoms with van der Waals surface area (Å²) < 4.78 is 68.0. The standard InChI is InChI=1S/C35H57N5O11.C26H41N3O9.C18H35NO8.C5H12N2O2/c1-3-14-50-22-28(43)8-6-15-49-16-17-51-23-33(46)38-13-5-4-7-26(32(45)20-39-30(21-41)34(37)47)19-31(44)24(2)40-35(48)29(36)18-25-9-11-27(42)12-10-25;1-19(20(2)30)28-26(34)24(16-21-5-7-22(31)8-6-21)29-25(33)18-38-15-12-35-10-3-4-23(32)17-37-14-13-36-11-9-27;1-3-23-7-4-5-17(20)15-26-13-11-24-8-6-19-18(21)16-27-14-12-25-10-9-22-2;1-2-7-4(3-8)5(6)9/h9-12,24,26,29-30,39,41-42H,3-8,13-23,36H2,1-2H3,(H2,37,47)(H,38,46)(H,40,48);5-8,19,24,31H,3-4,9-18,27H2,1-2H3,(H,28,34)(H,29,33);3-16H2,1-2H3,(H,19,21);4,7-8H,2-3H2,1H3,(H2,6,9)/t24-,26+,29-,30-;19-,24+;;4-/m01.0/s1. The highest BCUT2D eigenvalue weighted by molar-refractivity contribution is 5.95.